The highest BCUT2D eigenvalue weighted by Crippen LogP contribution is 2.42. The highest BCUT2D eigenvalue weighted by atomic mass is 32.1. The molecule has 1 fully saturated rings. The number of amides is 1. The van der Waals surface area contributed by atoms with Crippen LogP contribution >= 0.6 is 11.3 Å². The van der Waals surface area contributed by atoms with Crippen LogP contribution in [0.4, 0.5) is 5.00 Å². The number of thiophene rings is 1. The number of carboxylic acid groups (broad SMARTS) is 1. The van der Waals surface area contributed by atoms with Crippen LogP contribution in [-0.4, -0.2) is 17.0 Å². The Bertz CT molecular complexity index is 574. The van der Waals surface area contributed by atoms with Crippen LogP contribution < -0.4 is 5.32 Å². The third kappa shape index (κ3) is 3.12. The Kier molecular flexibility index (Phi) is 4.42. The van der Waals surface area contributed by atoms with Crippen molar-refractivity contribution in [2.75, 3.05) is 5.32 Å². The van der Waals surface area contributed by atoms with Gasteiger partial charge in [-0.05, 0) is 37.7 Å². The standard InChI is InChI=1S/C16H23NO3S/c1-9-10(2)21-14(12(9)15(19)20)17-13(18)11-7-5-6-8-16(11,3)4/h11H,5-8H2,1-4H3,(H,17,18)(H,19,20). The number of rotatable bonds is 3. The summed E-state index contributed by atoms with van der Waals surface area (Å²) in [7, 11) is 0. The van der Waals surface area contributed by atoms with E-state index in [1.165, 1.54) is 11.3 Å². The van der Waals surface area contributed by atoms with Gasteiger partial charge in [-0.1, -0.05) is 26.7 Å². The van der Waals surface area contributed by atoms with Crippen LogP contribution in [0.25, 0.3) is 0 Å². The molecule has 1 saturated carbocycles. The van der Waals surface area contributed by atoms with Gasteiger partial charge in [-0.2, -0.15) is 0 Å². The van der Waals surface area contributed by atoms with Gasteiger partial charge in [-0.15, -0.1) is 11.3 Å². The van der Waals surface area contributed by atoms with Crippen LogP contribution in [0.3, 0.4) is 0 Å². The Morgan fingerprint density at radius 3 is 2.52 bits per heavy atom. The predicted molar refractivity (Wildman–Crippen MR) is 85.1 cm³/mol. The van der Waals surface area contributed by atoms with E-state index in [4.69, 9.17) is 0 Å². The molecule has 1 aromatic heterocycles. The van der Waals surface area contributed by atoms with Crippen molar-refractivity contribution in [1.82, 2.24) is 0 Å². The van der Waals surface area contributed by atoms with Gasteiger partial charge in [0, 0.05) is 10.8 Å². The zero-order chi connectivity index (χ0) is 15.8. The topological polar surface area (TPSA) is 66.4 Å². The van der Waals surface area contributed by atoms with Crippen molar-refractivity contribution in [3.8, 4) is 0 Å². The molecule has 0 spiro atoms. The molecule has 0 aromatic carbocycles. The van der Waals surface area contributed by atoms with E-state index in [1.807, 2.05) is 6.92 Å². The number of nitrogens with one attached hydrogen (secondary N) is 1. The largest absolute Gasteiger partial charge is 0.478 e. The Morgan fingerprint density at radius 2 is 1.95 bits per heavy atom. The smallest absolute Gasteiger partial charge is 0.338 e. The number of hydrogen-bond donors (Lipinski definition) is 2. The summed E-state index contributed by atoms with van der Waals surface area (Å²) in [5.74, 6) is -1.06. The highest BCUT2D eigenvalue weighted by molar-refractivity contribution is 7.16. The van der Waals surface area contributed by atoms with Crippen molar-refractivity contribution < 1.29 is 14.7 Å². The number of carboxylic acids is 1. The number of anilines is 1. The molecular weight excluding hydrogens is 286 g/mol. The van der Waals surface area contributed by atoms with Crippen molar-refractivity contribution in [3.63, 3.8) is 0 Å². The van der Waals surface area contributed by atoms with E-state index in [1.54, 1.807) is 6.92 Å². The van der Waals surface area contributed by atoms with Gasteiger partial charge < -0.3 is 10.4 Å². The minimum Gasteiger partial charge on any atom is -0.478 e. The summed E-state index contributed by atoms with van der Waals surface area (Å²) in [4.78, 5) is 24.9. The minimum absolute atomic E-state index is 0.0208. The lowest BCUT2D eigenvalue weighted by Gasteiger charge is -2.37. The molecule has 21 heavy (non-hydrogen) atoms. The fourth-order valence-corrected chi connectivity index (χ4v) is 4.21. The van der Waals surface area contributed by atoms with E-state index < -0.39 is 5.97 Å². The molecule has 1 aromatic rings. The molecule has 116 valence electrons. The van der Waals surface area contributed by atoms with E-state index in [-0.39, 0.29) is 22.8 Å². The summed E-state index contributed by atoms with van der Waals surface area (Å²) >= 11 is 1.35. The summed E-state index contributed by atoms with van der Waals surface area (Å²) in [6, 6.07) is 0. The van der Waals surface area contributed by atoms with Crippen molar-refractivity contribution in [2.24, 2.45) is 11.3 Å². The quantitative estimate of drug-likeness (QED) is 0.878. The van der Waals surface area contributed by atoms with Crippen LogP contribution in [0.2, 0.25) is 0 Å². The SMILES string of the molecule is Cc1sc(NC(=O)C2CCCCC2(C)C)c(C(=O)O)c1C. The van der Waals surface area contributed by atoms with Gasteiger partial charge in [0.25, 0.3) is 0 Å². The molecule has 1 aliphatic rings. The number of hydrogen-bond acceptors (Lipinski definition) is 3. The van der Waals surface area contributed by atoms with Gasteiger partial charge in [0.1, 0.15) is 5.00 Å². The second-order valence-electron chi connectivity index (χ2n) is 6.57. The number of carbonyl (C=O) groups excluding carboxylic acids is 1. The molecule has 1 aliphatic carbocycles. The van der Waals surface area contributed by atoms with E-state index in [0.717, 1.165) is 36.1 Å². The molecule has 1 unspecified atom stereocenters. The van der Waals surface area contributed by atoms with Gasteiger partial charge >= 0.3 is 5.97 Å². The molecule has 1 atom stereocenters. The van der Waals surface area contributed by atoms with Crippen LogP contribution in [0.5, 0.6) is 0 Å². The number of aromatic carboxylic acids is 1. The van der Waals surface area contributed by atoms with E-state index >= 15 is 0 Å². The van der Waals surface area contributed by atoms with Crippen molar-refractivity contribution >= 4 is 28.2 Å². The van der Waals surface area contributed by atoms with E-state index in [0.29, 0.717) is 5.00 Å². The maximum absolute atomic E-state index is 12.6. The monoisotopic (exact) mass is 309 g/mol. The number of aryl methyl sites for hydroxylation is 1. The average molecular weight is 309 g/mol. The first-order valence-corrected chi connectivity index (χ1v) is 8.20. The van der Waals surface area contributed by atoms with Crippen molar-refractivity contribution in [1.29, 1.82) is 0 Å². The summed E-state index contributed by atoms with van der Waals surface area (Å²) in [6.07, 6.45) is 4.15. The third-order valence-electron chi connectivity index (χ3n) is 4.66. The molecular formula is C16H23NO3S. The fraction of sp³-hybridized carbons (Fsp3) is 0.625. The summed E-state index contributed by atoms with van der Waals surface area (Å²) in [5, 5.41) is 12.7. The predicted octanol–water partition coefficient (Wildman–Crippen LogP) is 4.22. The first kappa shape index (κ1) is 16.0. The molecule has 0 radical (unpaired) electrons. The lowest BCUT2D eigenvalue weighted by molar-refractivity contribution is -0.124. The lowest BCUT2D eigenvalue weighted by atomic mass is 9.68. The average Bonchev–Trinajstić information content (AvgIpc) is 2.63. The van der Waals surface area contributed by atoms with Gasteiger partial charge in [0.15, 0.2) is 0 Å². The summed E-state index contributed by atoms with van der Waals surface area (Å²) in [6.45, 7) is 7.92. The second kappa shape index (κ2) is 5.79. The first-order valence-electron chi connectivity index (χ1n) is 7.38. The van der Waals surface area contributed by atoms with Gasteiger partial charge in [-0.25, -0.2) is 4.79 Å². The van der Waals surface area contributed by atoms with Gasteiger partial charge in [0.05, 0.1) is 5.56 Å². The number of carbonyl (C=O) groups is 2. The summed E-state index contributed by atoms with van der Waals surface area (Å²) in [5.41, 5.74) is 0.956. The second-order valence-corrected chi connectivity index (χ2v) is 7.79. The Morgan fingerprint density at radius 1 is 1.29 bits per heavy atom. The molecule has 1 heterocycles. The minimum atomic E-state index is -0.977. The Labute approximate surface area is 129 Å². The normalized spacial score (nSPS) is 21.0. The summed E-state index contributed by atoms with van der Waals surface area (Å²) < 4.78 is 0. The Hall–Kier alpha value is -1.36. The molecule has 5 heteroatoms. The van der Waals surface area contributed by atoms with Gasteiger partial charge in [-0.3, -0.25) is 4.79 Å². The molecule has 0 aliphatic heterocycles. The van der Waals surface area contributed by atoms with Crippen LogP contribution in [0.1, 0.15) is 60.3 Å². The maximum Gasteiger partial charge on any atom is 0.338 e. The Balaban J connectivity index is 2.24. The van der Waals surface area contributed by atoms with E-state index in [2.05, 4.69) is 19.2 Å². The molecule has 0 saturated heterocycles. The van der Waals surface area contributed by atoms with Crippen LogP contribution in [0, 0.1) is 25.2 Å². The maximum atomic E-state index is 12.6. The highest BCUT2D eigenvalue weighted by Gasteiger charge is 2.37. The molecule has 4 nitrogen and oxygen atoms in total. The van der Waals surface area contributed by atoms with Crippen LogP contribution in [0.15, 0.2) is 0 Å². The molecule has 0 bridgehead atoms. The fourth-order valence-electron chi connectivity index (χ4n) is 3.15. The first-order chi connectivity index (χ1) is 9.74. The molecule has 2 rings (SSSR count). The van der Waals surface area contributed by atoms with Crippen molar-refractivity contribution in [3.05, 3.63) is 16.0 Å². The van der Waals surface area contributed by atoms with E-state index in [9.17, 15) is 14.7 Å². The van der Waals surface area contributed by atoms with Gasteiger partial charge in [0.2, 0.25) is 5.91 Å². The molecule has 2 N–H and O–H groups in total. The van der Waals surface area contributed by atoms with Crippen molar-refractivity contribution in [2.45, 2.75) is 53.4 Å². The third-order valence-corrected chi connectivity index (χ3v) is 5.78. The lowest BCUT2D eigenvalue weighted by Crippen LogP contribution is -2.37. The van der Waals surface area contributed by atoms with Crippen LogP contribution in [-0.2, 0) is 4.79 Å². The zero-order valence-corrected chi connectivity index (χ0v) is 13.9. The zero-order valence-electron chi connectivity index (χ0n) is 13.1. The molecule has 1 amide bonds.